The number of rotatable bonds is 0. The fourth-order valence-electron chi connectivity index (χ4n) is 1.32. The largest absolute Gasteiger partial charge is 0.234 e. The molecule has 0 amide bonds. The van der Waals surface area contributed by atoms with Crippen LogP contribution in [0.1, 0.15) is 17.0 Å². The molecule has 0 fully saturated rings. The summed E-state index contributed by atoms with van der Waals surface area (Å²) in [5.74, 6) is 0. The SMILES string of the molecule is Cc1nc2ccnn2c(C)c1C. The van der Waals surface area contributed by atoms with Gasteiger partial charge in [-0.05, 0) is 26.3 Å². The van der Waals surface area contributed by atoms with E-state index in [4.69, 9.17) is 0 Å². The second-order valence-electron chi connectivity index (χ2n) is 3.01. The molecule has 2 aromatic rings. The van der Waals surface area contributed by atoms with E-state index in [9.17, 15) is 0 Å². The average Bonchev–Trinajstić information content (AvgIpc) is 2.48. The maximum Gasteiger partial charge on any atom is 0.155 e. The van der Waals surface area contributed by atoms with E-state index in [2.05, 4.69) is 23.9 Å². The zero-order valence-electron chi connectivity index (χ0n) is 7.50. The normalized spacial score (nSPS) is 10.9. The van der Waals surface area contributed by atoms with Crippen LogP contribution in [0.25, 0.3) is 5.65 Å². The first-order valence-corrected chi connectivity index (χ1v) is 3.97. The Balaban J connectivity index is 2.94. The molecule has 0 N–H and O–H groups in total. The molecule has 2 heterocycles. The molecule has 0 aromatic carbocycles. The van der Waals surface area contributed by atoms with Gasteiger partial charge in [-0.1, -0.05) is 0 Å². The van der Waals surface area contributed by atoms with E-state index >= 15 is 0 Å². The topological polar surface area (TPSA) is 30.2 Å². The van der Waals surface area contributed by atoms with Crippen molar-refractivity contribution in [2.45, 2.75) is 20.8 Å². The Morgan fingerprint density at radius 2 is 2.00 bits per heavy atom. The van der Waals surface area contributed by atoms with Crippen LogP contribution in [0.3, 0.4) is 0 Å². The lowest BCUT2D eigenvalue weighted by Crippen LogP contribution is -2.01. The van der Waals surface area contributed by atoms with E-state index in [1.54, 1.807) is 6.20 Å². The van der Waals surface area contributed by atoms with Crippen LogP contribution in [-0.4, -0.2) is 14.6 Å². The van der Waals surface area contributed by atoms with Gasteiger partial charge in [0.1, 0.15) is 0 Å². The maximum absolute atomic E-state index is 4.40. The van der Waals surface area contributed by atoms with Gasteiger partial charge in [0.15, 0.2) is 5.65 Å². The smallest absolute Gasteiger partial charge is 0.155 e. The number of nitrogens with zero attached hydrogens (tertiary/aromatic N) is 3. The van der Waals surface area contributed by atoms with Crippen molar-refractivity contribution < 1.29 is 0 Å². The quantitative estimate of drug-likeness (QED) is 0.588. The summed E-state index contributed by atoms with van der Waals surface area (Å²) in [6.45, 7) is 6.15. The molecular weight excluding hydrogens is 150 g/mol. The van der Waals surface area contributed by atoms with Crippen molar-refractivity contribution in [3.63, 3.8) is 0 Å². The van der Waals surface area contributed by atoms with Gasteiger partial charge in [-0.3, -0.25) is 0 Å². The highest BCUT2D eigenvalue weighted by molar-refractivity contribution is 5.41. The molecule has 3 heteroatoms. The van der Waals surface area contributed by atoms with Gasteiger partial charge in [0.25, 0.3) is 0 Å². The van der Waals surface area contributed by atoms with Gasteiger partial charge in [-0.15, -0.1) is 0 Å². The molecule has 0 unspecified atom stereocenters. The number of aryl methyl sites for hydroxylation is 2. The lowest BCUT2D eigenvalue weighted by atomic mass is 10.2. The minimum Gasteiger partial charge on any atom is -0.234 e. The van der Waals surface area contributed by atoms with Crippen molar-refractivity contribution in [1.82, 2.24) is 14.6 Å². The molecule has 3 nitrogen and oxygen atoms in total. The summed E-state index contributed by atoms with van der Waals surface area (Å²) >= 11 is 0. The van der Waals surface area contributed by atoms with Crippen LogP contribution >= 0.6 is 0 Å². The van der Waals surface area contributed by atoms with E-state index in [0.717, 1.165) is 11.3 Å². The first-order chi connectivity index (χ1) is 5.70. The zero-order valence-corrected chi connectivity index (χ0v) is 7.50. The Morgan fingerprint density at radius 3 is 2.75 bits per heavy atom. The Morgan fingerprint density at radius 1 is 1.25 bits per heavy atom. The second-order valence-corrected chi connectivity index (χ2v) is 3.01. The van der Waals surface area contributed by atoms with E-state index in [1.165, 1.54) is 11.3 Å². The molecular formula is C9H11N3. The molecule has 0 radical (unpaired) electrons. The predicted octanol–water partition coefficient (Wildman–Crippen LogP) is 1.65. The first-order valence-electron chi connectivity index (χ1n) is 3.97. The van der Waals surface area contributed by atoms with Gasteiger partial charge in [0.05, 0.1) is 6.20 Å². The Bertz CT molecular complexity index is 429. The molecule has 12 heavy (non-hydrogen) atoms. The predicted molar refractivity (Wildman–Crippen MR) is 47.2 cm³/mol. The van der Waals surface area contributed by atoms with Gasteiger partial charge in [-0.25, -0.2) is 9.50 Å². The minimum atomic E-state index is 0.926. The molecule has 0 aliphatic heterocycles. The minimum absolute atomic E-state index is 0.926. The lowest BCUT2D eigenvalue weighted by molar-refractivity contribution is 0.870. The maximum atomic E-state index is 4.40. The summed E-state index contributed by atoms with van der Waals surface area (Å²) in [5.41, 5.74) is 4.39. The van der Waals surface area contributed by atoms with E-state index in [1.807, 2.05) is 17.5 Å². The summed E-state index contributed by atoms with van der Waals surface area (Å²) < 4.78 is 1.86. The van der Waals surface area contributed by atoms with E-state index < -0.39 is 0 Å². The van der Waals surface area contributed by atoms with Gasteiger partial charge in [-0.2, -0.15) is 5.10 Å². The van der Waals surface area contributed by atoms with Gasteiger partial charge in [0, 0.05) is 17.5 Å². The first kappa shape index (κ1) is 7.28. The third-order valence-electron chi connectivity index (χ3n) is 2.31. The fourth-order valence-corrected chi connectivity index (χ4v) is 1.32. The highest BCUT2D eigenvalue weighted by Gasteiger charge is 2.04. The van der Waals surface area contributed by atoms with Gasteiger partial charge < -0.3 is 0 Å². The van der Waals surface area contributed by atoms with Crippen molar-refractivity contribution in [2.75, 3.05) is 0 Å². The molecule has 0 spiro atoms. The van der Waals surface area contributed by atoms with Crippen molar-refractivity contribution in [3.8, 4) is 0 Å². The molecule has 0 aliphatic rings. The molecule has 2 rings (SSSR count). The number of aromatic nitrogens is 3. The summed E-state index contributed by atoms with van der Waals surface area (Å²) in [4.78, 5) is 4.40. The van der Waals surface area contributed by atoms with Gasteiger partial charge >= 0.3 is 0 Å². The Labute approximate surface area is 71.1 Å². The van der Waals surface area contributed by atoms with Crippen LogP contribution in [0.5, 0.6) is 0 Å². The molecule has 0 bridgehead atoms. The second kappa shape index (κ2) is 2.30. The highest BCUT2D eigenvalue weighted by atomic mass is 15.2. The summed E-state index contributed by atoms with van der Waals surface area (Å²) in [7, 11) is 0. The van der Waals surface area contributed by atoms with E-state index in [-0.39, 0.29) is 0 Å². The van der Waals surface area contributed by atoms with Crippen molar-refractivity contribution in [2.24, 2.45) is 0 Å². The molecule has 0 saturated carbocycles. The number of fused-ring (bicyclic) bond motifs is 1. The summed E-state index contributed by atoms with van der Waals surface area (Å²) in [6.07, 6.45) is 1.77. The zero-order chi connectivity index (χ0) is 8.72. The van der Waals surface area contributed by atoms with Crippen LogP contribution in [0.15, 0.2) is 12.3 Å². The van der Waals surface area contributed by atoms with E-state index in [0.29, 0.717) is 0 Å². The van der Waals surface area contributed by atoms with Crippen LogP contribution in [0.4, 0.5) is 0 Å². The summed E-state index contributed by atoms with van der Waals surface area (Å²) in [5, 5.41) is 4.17. The average molecular weight is 161 g/mol. The highest BCUT2D eigenvalue weighted by Crippen LogP contribution is 2.11. The van der Waals surface area contributed by atoms with Crippen LogP contribution in [0, 0.1) is 20.8 Å². The van der Waals surface area contributed by atoms with Crippen molar-refractivity contribution in [3.05, 3.63) is 29.2 Å². The lowest BCUT2D eigenvalue weighted by Gasteiger charge is -2.05. The monoisotopic (exact) mass is 161 g/mol. The third kappa shape index (κ3) is 0.826. The number of hydrogen-bond acceptors (Lipinski definition) is 2. The molecule has 0 saturated heterocycles. The number of hydrogen-bond donors (Lipinski definition) is 0. The standard InChI is InChI=1S/C9H11N3/c1-6-7(2)11-9-4-5-10-12(9)8(6)3/h4-5H,1-3H3. The molecule has 2 aromatic heterocycles. The molecule has 0 aliphatic carbocycles. The summed E-state index contributed by atoms with van der Waals surface area (Å²) in [6, 6.07) is 1.92. The Kier molecular flexibility index (Phi) is 1.40. The van der Waals surface area contributed by atoms with Gasteiger partial charge in [0.2, 0.25) is 0 Å². The van der Waals surface area contributed by atoms with Crippen LogP contribution in [-0.2, 0) is 0 Å². The van der Waals surface area contributed by atoms with Crippen LogP contribution < -0.4 is 0 Å². The van der Waals surface area contributed by atoms with Crippen molar-refractivity contribution in [1.29, 1.82) is 0 Å². The molecule has 0 atom stereocenters. The molecule has 62 valence electrons. The third-order valence-corrected chi connectivity index (χ3v) is 2.31. The fraction of sp³-hybridized carbons (Fsp3) is 0.333. The van der Waals surface area contributed by atoms with Crippen LogP contribution in [0.2, 0.25) is 0 Å². The Hall–Kier alpha value is -1.38. The van der Waals surface area contributed by atoms with Crippen molar-refractivity contribution >= 4 is 5.65 Å².